The van der Waals surface area contributed by atoms with Gasteiger partial charge in [-0.1, -0.05) is 127 Å². The molecule has 0 amide bonds. The van der Waals surface area contributed by atoms with Gasteiger partial charge in [0.2, 0.25) is 0 Å². The Bertz CT molecular complexity index is 2310. The molecule has 45 heavy (non-hydrogen) atoms. The topological polar surface area (TPSA) is 45.6 Å². The van der Waals surface area contributed by atoms with Crippen molar-refractivity contribution in [3.05, 3.63) is 174 Å². The Morgan fingerprint density at radius 3 is 2.16 bits per heavy atom. The van der Waals surface area contributed by atoms with Gasteiger partial charge < -0.3 is 15.4 Å². The molecule has 2 N–H and O–H groups in total. The molecule has 2 aliphatic rings. The number of rotatable bonds is 4. The number of nitrogens with zero attached hydrogens (tertiary/aromatic N) is 1. The van der Waals surface area contributed by atoms with Crippen LogP contribution < -0.4 is 15.4 Å². The molecule has 214 valence electrons. The highest BCUT2D eigenvalue weighted by atomic mass is 16.5. The second-order valence-corrected chi connectivity index (χ2v) is 11.7. The van der Waals surface area contributed by atoms with Gasteiger partial charge >= 0.3 is 0 Å². The fourth-order valence-corrected chi connectivity index (χ4v) is 6.62. The summed E-state index contributed by atoms with van der Waals surface area (Å²) in [7, 11) is 0. The SMILES string of the molecule is C1=C(c2ccccc2)NC(c2ccc3c(ccc4ccc5c(c43)NC(c3ccccc3)O5)c2)=NC1c1ccc2ccccc2c1. The van der Waals surface area contributed by atoms with Gasteiger partial charge in [0.1, 0.15) is 11.6 Å². The first-order valence-electron chi connectivity index (χ1n) is 15.4. The summed E-state index contributed by atoms with van der Waals surface area (Å²) in [4.78, 5) is 5.27. The Balaban J connectivity index is 1.14. The van der Waals surface area contributed by atoms with E-state index in [1.807, 2.05) is 18.2 Å². The number of hydrogen-bond acceptors (Lipinski definition) is 4. The van der Waals surface area contributed by atoms with E-state index in [0.717, 1.165) is 45.0 Å². The van der Waals surface area contributed by atoms with Crippen LogP contribution in [0.5, 0.6) is 5.75 Å². The van der Waals surface area contributed by atoms with Crippen molar-refractivity contribution in [2.75, 3.05) is 5.32 Å². The fourth-order valence-electron chi connectivity index (χ4n) is 6.62. The Hall–Kier alpha value is -5.87. The zero-order chi connectivity index (χ0) is 29.7. The molecule has 2 unspecified atom stereocenters. The van der Waals surface area contributed by atoms with Crippen LogP contribution in [0.3, 0.4) is 0 Å². The van der Waals surface area contributed by atoms with E-state index in [0.29, 0.717) is 0 Å². The van der Waals surface area contributed by atoms with Gasteiger partial charge in [0, 0.05) is 22.2 Å². The van der Waals surface area contributed by atoms with E-state index in [9.17, 15) is 0 Å². The minimum atomic E-state index is -0.211. The largest absolute Gasteiger partial charge is 0.464 e. The van der Waals surface area contributed by atoms with Crippen molar-refractivity contribution >= 4 is 49.5 Å². The Morgan fingerprint density at radius 1 is 0.556 bits per heavy atom. The minimum absolute atomic E-state index is 0.118. The van der Waals surface area contributed by atoms with Crippen LogP contribution in [0, 0.1) is 0 Å². The highest BCUT2D eigenvalue weighted by Crippen LogP contribution is 2.45. The number of hydrogen-bond donors (Lipinski definition) is 2. The van der Waals surface area contributed by atoms with Gasteiger partial charge in [0.25, 0.3) is 0 Å². The average Bonchev–Trinajstić information content (AvgIpc) is 3.56. The molecule has 0 aromatic heterocycles. The van der Waals surface area contributed by atoms with Crippen LogP contribution >= 0.6 is 0 Å². The number of ether oxygens (including phenoxy) is 1. The maximum Gasteiger partial charge on any atom is 0.196 e. The van der Waals surface area contributed by atoms with Gasteiger partial charge in [-0.3, -0.25) is 4.99 Å². The predicted molar refractivity (Wildman–Crippen MR) is 186 cm³/mol. The number of fused-ring (bicyclic) bond motifs is 6. The number of anilines is 1. The highest BCUT2D eigenvalue weighted by molar-refractivity contribution is 6.17. The molecule has 2 heterocycles. The molecular formula is C41H29N3O. The third-order valence-electron chi connectivity index (χ3n) is 8.90. The third kappa shape index (κ3) is 4.50. The summed E-state index contributed by atoms with van der Waals surface area (Å²) in [5, 5.41) is 14.5. The van der Waals surface area contributed by atoms with Crippen LogP contribution in [0.2, 0.25) is 0 Å². The fraction of sp³-hybridized carbons (Fsp3) is 0.0488. The molecule has 0 saturated heterocycles. The van der Waals surface area contributed by atoms with E-state index in [-0.39, 0.29) is 12.3 Å². The molecule has 2 aliphatic heterocycles. The number of amidine groups is 1. The first-order chi connectivity index (χ1) is 22.3. The lowest BCUT2D eigenvalue weighted by atomic mass is 9.96. The monoisotopic (exact) mass is 579 g/mol. The van der Waals surface area contributed by atoms with Gasteiger partial charge in [-0.2, -0.15) is 0 Å². The van der Waals surface area contributed by atoms with Crippen molar-refractivity contribution in [3.8, 4) is 5.75 Å². The first kappa shape index (κ1) is 25.6. The van der Waals surface area contributed by atoms with E-state index in [1.54, 1.807) is 0 Å². The predicted octanol–water partition coefficient (Wildman–Crippen LogP) is 9.78. The second-order valence-electron chi connectivity index (χ2n) is 11.7. The van der Waals surface area contributed by atoms with Crippen LogP contribution in [-0.4, -0.2) is 5.84 Å². The average molecular weight is 580 g/mol. The molecule has 0 aliphatic carbocycles. The van der Waals surface area contributed by atoms with Crippen molar-refractivity contribution < 1.29 is 4.74 Å². The van der Waals surface area contributed by atoms with Gasteiger partial charge in [-0.15, -0.1) is 0 Å². The summed E-state index contributed by atoms with van der Waals surface area (Å²) >= 11 is 0. The van der Waals surface area contributed by atoms with Crippen molar-refractivity contribution in [1.29, 1.82) is 0 Å². The molecule has 0 fully saturated rings. The first-order valence-corrected chi connectivity index (χ1v) is 15.4. The molecule has 0 saturated carbocycles. The molecule has 0 radical (unpaired) electrons. The Morgan fingerprint density at radius 2 is 1.29 bits per heavy atom. The highest BCUT2D eigenvalue weighted by Gasteiger charge is 2.26. The number of aliphatic imine (C=N–C) groups is 1. The van der Waals surface area contributed by atoms with Crippen molar-refractivity contribution in [2.24, 2.45) is 4.99 Å². The van der Waals surface area contributed by atoms with Gasteiger partial charge in [0.15, 0.2) is 6.23 Å². The molecule has 7 aromatic carbocycles. The lowest BCUT2D eigenvalue weighted by Crippen LogP contribution is -2.27. The second kappa shape index (κ2) is 10.4. The Kier molecular flexibility index (Phi) is 5.91. The Labute approximate surface area is 261 Å². The van der Waals surface area contributed by atoms with E-state index in [4.69, 9.17) is 9.73 Å². The molecule has 4 heteroatoms. The maximum absolute atomic E-state index is 6.36. The molecular weight excluding hydrogens is 550 g/mol. The van der Waals surface area contributed by atoms with Crippen LogP contribution in [0.1, 0.15) is 34.5 Å². The van der Waals surface area contributed by atoms with Gasteiger partial charge in [0.05, 0.1) is 11.7 Å². The summed E-state index contributed by atoms with van der Waals surface area (Å²) < 4.78 is 6.36. The van der Waals surface area contributed by atoms with E-state index < -0.39 is 0 Å². The molecule has 2 atom stereocenters. The van der Waals surface area contributed by atoms with Crippen molar-refractivity contribution in [3.63, 3.8) is 0 Å². The number of nitrogens with one attached hydrogen (secondary N) is 2. The smallest absolute Gasteiger partial charge is 0.196 e. The molecule has 9 rings (SSSR count). The maximum atomic E-state index is 6.36. The van der Waals surface area contributed by atoms with Crippen molar-refractivity contribution in [2.45, 2.75) is 12.3 Å². The van der Waals surface area contributed by atoms with E-state index >= 15 is 0 Å². The van der Waals surface area contributed by atoms with Crippen molar-refractivity contribution in [1.82, 2.24) is 5.32 Å². The summed E-state index contributed by atoms with van der Waals surface area (Å²) in [5.74, 6) is 1.74. The summed E-state index contributed by atoms with van der Waals surface area (Å²) in [6.07, 6.45) is 2.02. The van der Waals surface area contributed by atoms with Crippen LogP contribution in [0.4, 0.5) is 5.69 Å². The van der Waals surface area contributed by atoms with Gasteiger partial charge in [-0.25, -0.2) is 0 Å². The summed E-state index contributed by atoms with van der Waals surface area (Å²) in [5.41, 5.74) is 6.56. The lowest BCUT2D eigenvalue weighted by molar-refractivity contribution is 0.260. The van der Waals surface area contributed by atoms with Crippen LogP contribution in [-0.2, 0) is 0 Å². The van der Waals surface area contributed by atoms with E-state index in [2.05, 4.69) is 144 Å². The van der Waals surface area contributed by atoms with Crippen LogP contribution in [0.25, 0.3) is 38.0 Å². The lowest BCUT2D eigenvalue weighted by Gasteiger charge is -2.24. The number of benzene rings is 7. The molecule has 0 spiro atoms. The third-order valence-corrected chi connectivity index (χ3v) is 8.90. The van der Waals surface area contributed by atoms with Crippen LogP contribution in [0.15, 0.2) is 157 Å². The van der Waals surface area contributed by atoms with E-state index in [1.165, 1.54) is 32.5 Å². The molecule has 7 aromatic rings. The molecule has 4 nitrogen and oxygen atoms in total. The summed E-state index contributed by atoms with van der Waals surface area (Å²) in [6.45, 7) is 0. The molecule has 0 bridgehead atoms. The zero-order valence-corrected chi connectivity index (χ0v) is 24.4. The minimum Gasteiger partial charge on any atom is -0.464 e. The quantitative estimate of drug-likeness (QED) is 0.204. The summed E-state index contributed by atoms with van der Waals surface area (Å²) in [6, 6.07) is 51.1. The normalized spacial score (nSPS) is 17.2. The standard InChI is InChI=1S/C41H29N3O/c1-3-10-27(11-4-1)35-25-36(32-18-15-26-9-7-8-14-30(26)23-32)43-40(42-35)33-19-21-34-31(24-33)17-16-28-20-22-37-39(38(28)34)44-41(45-37)29-12-5-2-6-13-29/h1-25,36,41,44H,(H,42,43). The zero-order valence-electron chi connectivity index (χ0n) is 24.4. The van der Waals surface area contributed by atoms with Gasteiger partial charge in [-0.05, 0) is 62.3 Å².